The molecule has 0 aliphatic rings. The summed E-state index contributed by atoms with van der Waals surface area (Å²) in [5, 5.41) is 0. The largest absolute Gasteiger partial charge is 0.462 e. The van der Waals surface area contributed by atoms with Gasteiger partial charge in [-0.1, -0.05) is 211 Å². The molecule has 0 rings (SSSR count). The fraction of sp³-hybridized carbons (Fsp3) is 0.830. The van der Waals surface area contributed by atoms with Gasteiger partial charge in [0.1, 0.15) is 13.2 Å². The first-order valence-electron chi connectivity index (χ1n) is 25.5. The molecule has 0 aliphatic heterocycles. The third-order valence-electron chi connectivity index (χ3n) is 11.1. The summed E-state index contributed by atoms with van der Waals surface area (Å²) in [4.78, 5) is 37.9. The molecule has 0 aliphatic carbocycles. The predicted molar refractivity (Wildman–Crippen MR) is 252 cm³/mol. The van der Waals surface area contributed by atoms with Crippen molar-refractivity contribution in [2.24, 2.45) is 0 Å². The number of hydrogen-bond acceptors (Lipinski definition) is 6. The minimum atomic E-state index is -0.778. The number of carbonyl (C=O) groups is 3. The van der Waals surface area contributed by atoms with Crippen LogP contribution in [0, 0.1) is 0 Å². The Kier molecular flexibility index (Phi) is 46.4. The van der Waals surface area contributed by atoms with E-state index in [0.29, 0.717) is 19.3 Å². The second kappa shape index (κ2) is 48.3. The molecule has 0 radical (unpaired) electrons. The van der Waals surface area contributed by atoms with Crippen molar-refractivity contribution in [3.05, 3.63) is 36.5 Å². The van der Waals surface area contributed by atoms with Gasteiger partial charge in [0.2, 0.25) is 0 Å². The van der Waals surface area contributed by atoms with Crippen molar-refractivity contribution < 1.29 is 28.6 Å². The Balaban J connectivity index is 4.37. The Morgan fingerprint density at radius 3 is 1.02 bits per heavy atom. The molecule has 0 amide bonds. The maximum Gasteiger partial charge on any atom is 0.306 e. The Hall–Kier alpha value is -2.37. The lowest BCUT2D eigenvalue weighted by Crippen LogP contribution is -2.30. The SMILES string of the molecule is CCC/C=C\C/C=C\CCCCCCCC(=O)OC(COC(=O)CCCCCCC/C=C\CCCCCCCCC)COC(=O)CCCCCCCCCCCCCC. The van der Waals surface area contributed by atoms with E-state index in [-0.39, 0.29) is 31.1 Å². The van der Waals surface area contributed by atoms with E-state index >= 15 is 0 Å². The molecule has 0 saturated carbocycles. The van der Waals surface area contributed by atoms with Crippen molar-refractivity contribution in [1.82, 2.24) is 0 Å². The number of allylic oxidation sites excluding steroid dienone is 6. The number of rotatable bonds is 46. The fourth-order valence-corrected chi connectivity index (χ4v) is 7.24. The predicted octanol–water partition coefficient (Wildman–Crippen LogP) is 16.5. The second-order valence-corrected chi connectivity index (χ2v) is 17.1. The van der Waals surface area contributed by atoms with Gasteiger partial charge in [0, 0.05) is 19.3 Å². The maximum atomic E-state index is 12.8. The van der Waals surface area contributed by atoms with Gasteiger partial charge in [-0.2, -0.15) is 0 Å². The molecule has 0 N–H and O–H groups in total. The van der Waals surface area contributed by atoms with E-state index < -0.39 is 6.10 Å². The molecule has 0 fully saturated rings. The summed E-state index contributed by atoms with van der Waals surface area (Å²) < 4.78 is 16.8. The molecule has 6 nitrogen and oxygen atoms in total. The van der Waals surface area contributed by atoms with Crippen LogP contribution in [0.3, 0.4) is 0 Å². The number of ether oxygens (including phenoxy) is 3. The molecule has 0 heterocycles. The molecule has 0 aromatic carbocycles. The summed E-state index contributed by atoms with van der Waals surface area (Å²) >= 11 is 0. The summed E-state index contributed by atoms with van der Waals surface area (Å²) in [5.41, 5.74) is 0. The Labute approximate surface area is 365 Å². The Morgan fingerprint density at radius 2 is 0.644 bits per heavy atom. The molecule has 344 valence electrons. The monoisotopic (exact) mass is 829 g/mol. The van der Waals surface area contributed by atoms with E-state index in [0.717, 1.165) is 96.3 Å². The number of esters is 3. The molecule has 0 aromatic heterocycles. The number of hydrogen-bond donors (Lipinski definition) is 0. The molecule has 59 heavy (non-hydrogen) atoms. The van der Waals surface area contributed by atoms with E-state index in [2.05, 4.69) is 57.2 Å². The molecule has 0 saturated heterocycles. The first kappa shape index (κ1) is 56.6. The smallest absolute Gasteiger partial charge is 0.306 e. The van der Waals surface area contributed by atoms with Crippen LogP contribution in [0.1, 0.15) is 265 Å². The number of unbranched alkanes of at least 4 members (excludes halogenated alkanes) is 29. The summed E-state index contributed by atoms with van der Waals surface area (Å²) in [7, 11) is 0. The van der Waals surface area contributed by atoms with Gasteiger partial charge in [0.15, 0.2) is 6.10 Å². The minimum absolute atomic E-state index is 0.0779. The van der Waals surface area contributed by atoms with Crippen LogP contribution in [-0.2, 0) is 28.6 Å². The first-order chi connectivity index (χ1) is 29.0. The fourth-order valence-electron chi connectivity index (χ4n) is 7.24. The van der Waals surface area contributed by atoms with E-state index in [1.54, 1.807) is 0 Å². The molecular formula is C53H96O6. The van der Waals surface area contributed by atoms with Crippen molar-refractivity contribution in [2.75, 3.05) is 13.2 Å². The molecule has 0 aromatic rings. The highest BCUT2D eigenvalue weighted by Gasteiger charge is 2.19. The number of carbonyl (C=O) groups excluding carboxylic acids is 3. The van der Waals surface area contributed by atoms with Crippen molar-refractivity contribution in [3.63, 3.8) is 0 Å². The highest BCUT2D eigenvalue weighted by atomic mass is 16.6. The lowest BCUT2D eigenvalue weighted by atomic mass is 10.0. The van der Waals surface area contributed by atoms with Gasteiger partial charge >= 0.3 is 17.9 Å². The summed E-state index contributed by atoms with van der Waals surface area (Å²) in [6, 6.07) is 0. The molecule has 0 spiro atoms. The summed E-state index contributed by atoms with van der Waals surface area (Å²) in [5.74, 6) is -0.893. The highest BCUT2D eigenvalue weighted by molar-refractivity contribution is 5.71. The van der Waals surface area contributed by atoms with Crippen LogP contribution in [0.25, 0.3) is 0 Å². The van der Waals surface area contributed by atoms with Gasteiger partial charge in [-0.15, -0.1) is 0 Å². The quantitative estimate of drug-likeness (QED) is 0.0263. The molecule has 1 atom stereocenters. The summed E-state index contributed by atoms with van der Waals surface area (Å²) in [6.07, 6.45) is 55.5. The van der Waals surface area contributed by atoms with Crippen LogP contribution < -0.4 is 0 Å². The minimum Gasteiger partial charge on any atom is -0.462 e. The molecule has 0 bridgehead atoms. The lowest BCUT2D eigenvalue weighted by molar-refractivity contribution is -0.167. The van der Waals surface area contributed by atoms with Gasteiger partial charge in [-0.25, -0.2) is 0 Å². The van der Waals surface area contributed by atoms with Crippen molar-refractivity contribution in [2.45, 2.75) is 271 Å². The van der Waals surface area contributed by atoms with E-state index in [1.165, 1.54) is 128 Å². The topological polar surface area (TPSA) is 78.9 Å². The summed E-state index contributed by atoms with van der Waals surface area (Å²) in [6.45, 7) is 6.56. The van der Waals surface area contributed by atoms with Crippen molar-refractivity contribution in [3.8, 4) is 0 Å². The average Bonchev–Trinajstić information content (AvgIpc) is 3.23. The normalized spacial score (nSPS) is 12.3. The van der Waals surface area contributed by atoms with Gasteiger partial charge in [0.25, 0.3) is 0 Å². The van der Waals surface area contributed by atoms with E-state index in [4.69, 9.17) is 14.2 Å². The standard InChI is InChI=1S/C53H96O6/c1-4-7-10-13-16-19-22-25-26-27-29-31-34-37-40-43-46-52(55)58-49-50(48-57-51(54)45-42-39-36-33-30-24-21-18-15-12-9-6-3)59-53(56)47-44-41-38-35-32-28-23-20-17-14-11-8-5-2/h11,14,20,23,26-27,50H,4-10,12-13,15-19,21-22,24-25,28-49H2,1-3H3/b14-11-,23-20-,27-26-. The van der Waals surface area contributed by atoms with Crippen LogP contribution in [-0.4, -0.2) is 37.2 Å². The van der Waals surface area contributed by atoms with E-state index in [9.17, 15) is 14.4 Å². The first-order valence-corrected chi connectivity index (χ1v) is 25.5. The van der Waals surface area contributed by atoms with Crippen LogP contribution in [0.15, 0.2) is 36.5 Å². The van der Waals surface area contributed by atoms with Gasteiger partial charge < -0.3 is 14.2 Å². The Morgan fingerprint density at radius 1 is 0.339 bits per heavy atom. The van der Waals surface area contributed by atoms with Crippen molar-refractivity contribution in [1.29, 1.82) is 0 Å². The van der Waals surface area contributed by atoms with Crippen molar-refractivity contribution >= 4 is 17.9 Å². The van der Waals surface area contributed by atoms with Gasteiger partial charge in [0.05, 0.1) is 0 Å². The van der Waals surface area contributed by atoms with Gasteiger partial charge in [-0.3, -0.25) is 14.4 Å². The van der Waals surface area contributed by atoms with Crippen LogP contribution >= 0.6 is 0 Å². The maximum absolute atomic E-state index is 12.8. The molecular weight excluding hydrogens is 733 g/mol. The molecule has 6 heteroatoms. The van der Waals surface area contributed by atoms with Crippen LogP contribution in [0.5, 0.6) is 0 Å². The third-order valence-corrected chi connectivity index (χ3v) is 11.1. The third kappa shape index (κ3) is 46.5. The zero-order valence-electron chi connectivity index (χ0n) is 39.3. The molecule has 1 unspecified atom stereocenters. The van der Waals surface area contributed by atoms with Crippen LogP contribution in [0.4, 0.5) is 0 Å². The van der Waals surface area contributed by atoms with Crippen LogP contribution in [0.2, 0.25) is 0 Å². The van der Waals surface area contributed by atoms with Gasteiger partial charge in [-0.05, 0) is 70.6 Å². The zero-order chi connectivity index (χ0) is 43.0. The average molecular weight is 829 g/mol. The zero-order valence-corrected chi connectivity index (χ0v) is 39.3. The highest BCUT2D eigenvalue weighted by Crippen LogP contribution is 2.15. The Bertz CT molecular complexity index is 1000. The van der Waals surface area contributed by atoms with E-state index in [1.807, 2.05) is 0 Å². The second-order valence-electron chi connectivity index (χ2n) is 17.1. The lowest BCUT2D eigenvalue weighted by Gasteiger charge is -2.18.